The van der Waals surface area contributed by atoms with Crippen molar-refractivity contribution in [3.05, 3.63) is 23.3 Å². The molecule has 7 heteroatoms. The van der Waals surface area contributed by atoms with Gasteiger partial charge in [0.2, 0.25) is 0 Å². The van der Waals surface area contributed by atoms with Gasteiger partial charge in [0.25, 0.3) is 0 Å². The summed E-state index contributed by atoms with van der Waals surface area (Å²) in [6, 6.07) is -0.514. The number of urea groups is 1. The summed E-state index contributed by atoms with van der Waals surface area (Å²) < 4.78 is 18.8. The molecule has 94 valence electrons. The maximum absolute atomic E-state index is 13.6. The summed E-state index contributed by atoms with van der Waals surface area (Å²) in [6.07, 6.45) is -0.638. The number of carbonyl (C=O) groups excluding carboxylic acids is 1. The Morgan fingerprint density at radius 1 is 1.76 bits per heavy atom. The van der Waals surface area contributed by atoms with Crippen molar-refractivity contribution in [2.45, 2.75) is 19.3 Å². The van der Waals surface area contributed by atoms with Crippen molar-refractivity contribution in [2.75, 3.05) is 13.2 Å². The fourth-order valence-electron chi connectivity index (χ4n) is 1.74. The molecule has 1 unspecified atom stereocenters. The minimum Gasteiger partial charge on any atom is -0.393 e. The number of halogens is 1. The number of nitrogens with two attached hydrogens (primary N) is 1. The number of hydrogen-bond donors (Lipinski definition) is 3. The quantitative estimate of drug-likeness (QED) is 0.625. The average molecular weight is 243 g/mol. The van der Waals surface area contributed by atoms with Crippen LogP contribution in [0.5, 0.6) is 0 Å². The predicted molar refractivity (Wildman–Crippen MR) is 57.1 cm³/mol. The summed E-state index contributed by atoms with van der Waals surface area (Å²) in [5.74, 6) is -0.292. The van der Waals surface area contributed by atoms with E-state index in [0.717, 1.165) is 11.6 Å². The zero-order valence-corrected chi connectivity index (χ0v) is 9.31. The summed E-state index contributed by atoms with van der Waals surface area (Å²) in [4.78, 5) is 12.8. The number of rotatable bonds is 2. The number of hydrogen-bond acceptors (Lipinski definition) is 4. The fraction of sp³-hybridized carbons (Fsp3) is 0.500. The topological polar surface area (TPSA) is 87.8 Å². The van der Waals surface area contributed by atoms with Crippen LogP contribution in [0.1, 0.15) is 6.92 Å². The molecule has 2 rings (SSSR count). The van der Waals surface area contributed by atoms with Gasteiger partial charge in [-0.2, -0.15) is 0 Å². The first kappa shape index (κ1) is 11.9. The van der Waals surface area contributed by atoms with E-state index in [-0.39, 0.29) is 19.0 Å². The normalized spacial score (nSPS) is 29.5. The van der Waals surface area contributed by atoms with Crippen LogP contribution < -0.4 is 11.1 Å². The maximum atomic E-state index is 13.6. The Morgan fingerprint density at radius 2 is 2.47 bits per heavy atom. The summed E-state index contributed by atoms with van der Waals surface area (Å²) in [6.45, 7) is 1.61. The largest absolute Gasteiger partial charge is 0.393 e. The van der Waals surface area contributed by atoms with Gasteiger partial charge in [-0.1, -0.05) is 0 Å². The van der Waals surface area contributed by atoms with E-state index in [1.54, 1.807) is 6.92 Å². The van der Waals surface area contributed by atoms with Gasteiger partial charge < -0.3 is 15.6 Å². The van der Waals surface area contributed by atoms with E-state index in [4.69, 9.17) is 15.6 Å². The van der Waals surface area contributed by atoms with Crippen LogP contribution in [0.3, 0.4) is 0 Å². The lowest BCUT2D eigenvalue weighted by molar-refractivity contribution is -0.0464. The molecule has 2 amide bonds. The van der Waals surface area contributed by atoms with Crippen LogP contribution in [-0.2, 0) is 4.74 Å². The smallest absolute Gasteiger partial charge is 0.325 e. The van der Waals surface area contributed by atoms with E-state index in [1.807, 2.05) is 0 Å². The summed E-state index contributed by atoms with van der Waals surface area (Å²) >= 11 is 0. The molecule has 0 saturated carbocycles. The highest BCUT2D eigenvalue weighted by molar-refractivity contribution is 5.78. The number of aliphatic hydroxyl groups is 1. The molecule has 0 bridgehead atoms. The van der Waals surface area contributed by atoms with Crippen LogP contribution in [-0.4, -0.2) is 41.5 Å². The fourth-order valence-corrected chi connectivity index (χ4v) is 1.74. The zero-order chi connectivity index (χ0) is 12.6. The molecule has 6 nitrogen and oxygen atoms in total. The van der Waals surface area contributed by atoms with Crippen molar-refractivity contribution in [1.29, 1.82) is 0 Å². The number of nitrogens with zero attached hydrogens (tertiary/aromatic N) is 1. The summed E-state index contributed by atoms with van der Waals surface area (Å²) in [5, 5.41) is 11.3. The van der Waals surface area contributed by atoms with E-state index in [1.165, 1.54) is 4.90 Å². The third-order valence-corrected chi connectivity index (χ3v) is 2.72. The first-order valence-corrected chi connectivity index (χ1v) is 5.19. The highest BCUT2D eigenvalue weighted by atomic mass is 19.1. The Balaban J connectivity index is 2.15. The number of nitrogens with one attached hydrogen (secondary N) is 1. The van der Waals surface area contributed by atoms with Crippen LogP contribution in [0.4, 0.5) is 9.18 Å². The molecule has 2 aliphatic heterocycles. The molecule has 0 fully saturated rings. The Hall–Kier alpha value is -1.60. The van der Waals surface area contributed by atoms with Crippen LogP contribution >= 0.6 is 0 Å². The lowest BCUT2D eigenvalue weighted by Gasteiger charge is -2.33. The van der Waals surface area contributed by atoms with Crippen molar-refractivity contribution < 1.29 is 19.0 Å². The highest BCUT2D eigenvalue weighted by Gasteiger charge is 2.37. The van der Waals surface area contributed by atoms with E-state index in [2.05, 4.69) is 5.32 Å². The SMILES string of the molecule is CC1=C(N)NC(=O)N(C2O[C@H](CO)C=C2F)C1. The second kappa shape index (κ2) is 4.34. The van der Waals surface area contributed by atoms with E-state index < -0.39 is 24.2 Å². The summed E-state index contributed by atoms with van der Waals surface area (Å²) in [5.41, 5.74) is 6.28. The molecule has 0 aliphatic carbocycles. The van der Waals surface area contributed by atoms with Gasteiger partial charge in [-0.25, -0.2) is 9.18 Å². The molecule has 2 atom stereocenters. The van der Waals surface area contributed by atoms with Gasteiger partial charge in [0.05, 0.1) is 6.61 Å². The van der Waals surface area contributed by atoms with Gasteiger partial charge in [-0.3, -0.25) is 10.2 Å². The molecular formula is C10H14FN3O3. The minimum atomic E-state index is -1.09. The predicted octanol–water partition coefficient (Wildman–Crippen LogP) is -0.228. The Morgan fingerprint density at radius 3 is 3.06 bits per heavy atom. The highest BCUT2D eigenvalue weighted by Crippen LogP contribution is 2.26. The van der Waals surface area contributed by atoms with Crippen LogP contribution in [0.2, 0.25) is 0 Å². The van der Waals surface area contributed by atoms with E-state index in [0.29, 0.717) is 0 Å². The lowest BCUT2D eigenvalue weighted by Crippen LogP contribution is -2.52. The average Bonchev–Trinajstić information content (AvgIpc) is 2.65. The Labute approximate surface area is 97.5 Å². The first-order chi connectivity index (χ1) is 8.02. The third kappa shape index (κ3) is 2.11. The maximum Gasteiger partial charge on any atom is 0.325 e. The van der Waals surface area contributed by atoms with Crippen LogP contribution in [0, 0.1) is 0 Å². The van der Waals surface area contributed by atoms with Gasteiger partial charge >= 0.3 is 6.03 Å². The summed E-state index contributed by atoms with van der Waals surface area (Å²) in [7, 11) is 0. The standard InChI is InChI=1S/C10H14FN3O3/c1-5-3-14(10(16)13-8(5)12)9-7(11)2-6(4-15)17-9/h2,6,9,15H,3-4,12H2,1H3,(H,13,16)/t6-,9?/m0/s1. The van der Waals surface area contributed by atoms with Gasteiger partial charge in [0, 0.05) is 6.54 Å². The van der Waals surface area contributed by atoms with Gasteiger partial charge in [0.1, 0.15) is 17.8 Å². The second-order valence-corrected chi connectivity index (χ2v) is 4.01. The number of aliphatic hydroxyl groups excluding tert-OH is 1. The Kier molecular flexibility index (Phi) is 3.03. The van der Waals surface area contributed by atoms with E-state index >= 15 is 0 Å². The molecular weight excluding hydrogens is 229 g/mol. The molecule has 2 heterocycles. The molecule has 17 heavy (non-hydrogen) atoms. The van der Waals surface area contributed by atoms with E-state index in [9.17, 15) is 9.18 Å². The van der Waals surface area contributed by atoms with Crippen molar-refractivity contribution in [3.63, 3.8) is 0 Å². The molecule has 0 aromatic heterocycles. The van der Waals surface area contributed by atoms with Crippen LogP contribution in [0.25, 0.3) is 0 Å². The molecule has 0 radical (unpaired) electrons. The van der Waals surface area contributed by atoms with Gasteiger partial charge in [0.15, 0.2) is 6.23 Å². The molecule has 0 saturated heterocycles. The Bertz CT molecular complexity index is 408. The molecule has 0 aromatic rings. The lowest BCUT2D eigenvalue weighted by atomic mass is 10.2. The van der Waals surface area contributed by atoms with Crippen molar-refractivity contribution in [1.82, 2.24) is 10.2 Å². The van der Waals surface area contributed by atoms with Gasteiger partial charge in [-0.05, 0) is 18.6 Å². The second-order valence-electron chi connectivity index (χ2n) is 4.01. The number of amides is 2. The monoisotopic (exact) mass is 243 g/mol. The number of ether oxygens (including phenoxy) is 1. The minimum absolute atomic E-state index is 0.196. The zero-order valence-electron chi connectivity index (χ0n) is 9.31. The van der Waals surface area contributed by atoms with Crippen molar-refractivity contribution >= 4 is 6.03 Å². The first-order valence-electron chi connectivity index (χ1n) is 5.19. The molecule has 0 spiro atoms. The van der Waals surface area contributed by atoms with Gasteiger partial charge in [-0.15, -0.1) is 0 Å². The molecule has 4 N–H and O–H groups in total. The molecule has 0 aromatic carbocycles. The van der Waals surface area contributed by atoms with Crippen molar-refractivity contribution in [2.24, 2.45) is 5.73 Å². The number of carbonyl (C=O) groups is 1. The van der Waals surface area contributed by atoms with Crippen molar-refractivity contribution in [3.8, 4) is 0 Å². The third-order valence-electron chi connectivity index (χ3n) is 2.72. The molecule has 2 aliphatic rings. The van der Waals surface area contributed by atoms with Crippen LogP contribution in [0.15, 0.2) is 23.3 Å².